The molecule has 0 fully saturated rings. The summed E-state index contributed by atoms with van der Waals surface area (Å²) in [7, 11) is 2.14. The van der Waals surface area contributed by atoms with Gasteiger partial charge < -0.3 is 8.82 Å². The first-order chi connectivity index (χ1) is 52.1. The van der Waals surface area contributed by atoms with Crippen LogP contribution in [0.4, 0.5) is 0 Å². The van der Waals surface area contributed by atoms with E-state index in [0.717, 1.165) is 93.4 Å². The molecule has 0 saturated heterocycles. The van der Waals surface area contributed by atoms with Crippen molar-refractivity contribution in [3.8, 4) is 61.9 Å². The highest BCUT2D eigenvalue weighted by Crippen LogP contribution is 2.41. The molecule has 21 aromatic rings. The highest BCUT2D eigenvalue weighted by atomic mass is 32.1. The second-order valence-electron chi connectivity index (χ2n) is 26.6. The van der Waals surface area contributed by atoms with E-state index in [-0.39, 0.29) is 0 Å². The van der Waals surface area contributed by atoms with Gasteiger partial charge in [0.2, 0.25) is 27.8 Å². The maximum Gasteiger partial charge on any atom is 0.382 e. The molecule has 5 aliphatic heterocycles. The maximum absolute atomic E-state index is 8.05. The second kappa shape index (κ2) is 22.0. The Morgan fingerprint density at radius 3 is 1.58 bits per heavy atom. The standard InChI is InChI=1S/C21H15N4.2C16H13N4.C15H10N3O.C15H10N3S/c1-2-8-16(9-3-1)25-20-18-11-6-12-22-24(18)14-19(20)23-13-15-7-4-5-10-17(15)21(23)25;2*1-18-15-13-7-4-8-17-20(13)10-14(15)19-9-11-5-2-3-6-12(11)16(18)19;1-2-5-11-10(4-1)8-17-13-9-18-12(6-3-7-16-18)14(13)19-15(11)17;1-2-5-11-10(4-1)8-18-13-12(19-15(11)18)9-17-7-3-6-16-14(13)17/h1-12,14H,13H2;2*2-8,10H,9H2,1H3;2*1-7,9H,8H2/q5*+1/i;1D3;;;. The van der Waals surface area contributed by atoms with Gasteiger partial charge in [0, 0.05) is 71.2 Å². The van der Waals surface area contributed by atoms with Gasteiger partial charge in [-0.05, 0) is 97.1 Å². The van der Waals surface area contributed by atoms with E-state index in [2.05, 4.69) is 233 Å². The number of imidazole rings is 3. The molecule has 0 radical (unpaired) electrons. The van der Waals surface area contributed by atoms with Gasteiger partial charge in [0.15, 0.2) is 29.6 Å². The van der Waals surface area contributed by atoms with E-state index in [1.54, 1.807) is 16.9 Å². The second-order valence-corrected chi connectivity index (χ2v) is 27.6. The number of aromatic nitrogens is 18. The van der Waals surface area contributed by atoms with E-state index >= 15 is 0 Å². The summed E-state index contributed by atoms with van der Waals surface area (Å²) in [5, 5.41) is 18.8. The molecule has 20 heteroatoms. The monoisotopic (exact) mass is 1360 g/mol. The molecule has 26 rings (SSSR count). The smallest absolute Gasteiger partial charge is 0.382 e. The number of hydrogen-bond donors (Lipinski definition) is 0. The Morgan fingerprint density at radius 2 is 0.922 bits per heavy atom. The third-order valence-electron chi connectivity index (χ3n) is 21.0. The number of fused-ring (bicyclic) bond motifs is 35. The van der Waals surface area contributed by atoms with Crippen LogP contribution >= 0.6 is 11.3 Å². The Hall–Kier alpha value is -13.5. The zero-order valence-electron chi connectivity index (χ0n) is 58.4. The first-order valence-corrected chi connectivity index (χ1v) is 35.2. The highest BCUT2D eigenvalue weighted by molar-refractivity contribution is 7.21. The molecule has 5 aliphatic rings. The van der Waals surface area contributed by atoms with Gasteiger partial charge in [0.05, 0.1) is 64.5 Å². The zero-order chi connectivity index (χ0) is 70.2. The number of aryl methyl sites for hydroxylation is 2. The zero-order valence-corrected chi connectivity index (χ0v) is 56.2. The first-order valence-electron chi connectivity index (χ1n) is 35.8. The van der Waals surface area contributed by atoms with Crippen molar-refractivity contribution in [2.24, 2.45) is 14.0 Å². The summed E-state index contributed by atoms with van der Waals surface area (Å²) < 4.78 is 58.8. The summed E-state index contributed by atoms with van der Waals surface area (Å²) in [6.07, 6.45) is 21.4. The fourth-order valence-corrected chi connectivity index (χ4v) is 17.8. The Labute approximate surface area is 594 Å². The van der Waals surface area contributed by atoms with E-state index in [0.29, 0.717) is 12.1 Å². The number of para-hydroxylation sites is 1. The summed E-state index contributed by atoms with van der Waals surface area (Å²) in [5.74, 6) is 4.24. The molecule has 0 aliphatic carbocycles. The van der Waals surface area contributed by atoms with Gasteiger partial charge in [-0.1, -0.05) is 121 Å². The van der Waals surface area contributed by atoms with Gasteiger partial charge in [-0.25, -0.2) is 45.9 Å². The third kappa shape index (κ3) is 8.43. The molecule has 0 spiro atoms. The number of hydrogen-bond acceptors (Lipinski definition) is 7. The lowest BCUT2D eigenvalue weighted by molar-refractivity contribution is -0.649. The molecule has 0 unspecified atom stereocenters. The van der Waals surface area contributed by atoms with Crippen LogP contribution in [0.2, 0.25) is 0 Å². The maximum atomic E-state index is 8.05. The molecular formula is C83H61N18OS+5. The number of oxazole rings is 1. The van der Waals surface area contributed by atoms with Crippen molar-refractivity contribution < 1.29 is 31.4 Å². The van der Waals surface area contributed by atoms with E-state index in [1.165, 1.54) is 104 Å². The van der Waals surface area contributed by atoms with Crippen LogP contribution in [0.25, 0.3) is 144 Å². The molecule has 490 valence electrons. The van der Waals surface area contributed by atoms with Crippen LogP contribution in [0, 0.1) is 0 Å². The normalized spacial score (nSPS) is 13.5. The number of nitrogens with zero attached hydrogens (tertiary/aromatic N) is 18. The van der Waals surface area contributed by atoms with Crippen molar-refractivity contribution in [2.45, 2.75) is 32.7 Å². The van der Waals surface area contributed by atoms with E-state index < -0.39 is 6.98 Å². The van der Waals surface area contributed by atoms with E-state index in [4.69, 9.17) is 8.53 Å². The van der Waals surface area contributed by atoms with Crippen LogP contribution in [-0.4, -0.2) is 61.5 Å². The van der Waals surface area contributed by atoms with Crippen molar-refractivity contribution in [3.05, 3.63) is 302 Å². The van der Waals surface area contributed by atoms with Crippen molar-refractivity contribution in [3.63, 3.8) is 0 Å². The lowest BCUT2D eigenvalue weighted by atomic mass is 10.1. The fraction of sp³-hybridized carbons (Fsp3) is 0.0843. The summed E-state index contributed by atoms with van der Waals surface area (Å²) in [6, 6.07) is 70.8. The summed E-state index contributed by atoms with van der Waals surface area (Å²) in [4.78, 5) is 4.53. The molecular weight excluding hydrogens is 1300 g/mol. The van der Waals surface area contributed by atoms with Crippen molar-refractivity contribution in [1.82, 2.24) is 61.5 Å². The van der Waals surface area contributed by atoms with E-state index in [1.807, 2.05) is 123 Å². The molecule has 0 amide bonds. The average molecular weight is 1360 g/mol. The van der Waals surface area contributed by atoms with Gasteiger partial charge in [0.1, 0.15) is 58.3 Å². The minimum absolute atomic E-state index is 0.683. The molecule has 0 bridgehead atoms. The number of rotatable bonds is 1. The van der Waals surface area contributed by atoms with Crippen molar-refractivity contribution in [1.29, 1.82) is 0 Å². The summed E-state index contributed by atoms with van der Waals surface area (Å²) in [6.45, 7) is 2.10. The summed E-state index contributed by atoms with van der Waals surface area (Å²) >= 11 is 1.86. The molecule has 19 nitrogen and oxygen atoms in total. The molecule has 0 saturated carbocycles. The largest absolute Gasteiger partial charge is 0.395 e. The Bertz CT molecular complexity index is 7220. The minimum atomic E-state index is -2.26. The van der Waals surface area contributed by atoms with Gasteiger partial charge in [0.25, 0.3) is 33.5 Å². The predicted molar refractivity (Wildman–Crippen MR) is 395 cm³/mol. The Kier molecular flexibility index (Phi) is 11.6. The van der Waals surface area contributed by atoms with Gasteiger partial charge in [-0.2, -0.15) is 34.1 Å². The quantitative estimate of drug-likeness (QED) is 0.150. The SMILES string of the molecule is C[n+]1c2n(c3cn4ncccc4c31)Cc1ccccc1-2.[2H]C([2H])([2H])[n+]1c2n(c3cn4ncccc4c31)Cc1ccccc1-2.c1ccc(-n2c3[n+](c4cn5ncccc5c42)Cc2ccccc2-3)cc1.c1ccc2c(c1)C[n+]1c-2oc2c3cccnn3cc21.c1ccc2c(c1)C[n+]1c-2sc2cn3cccnc3c21. The molecule has 20 heterocycles. The van der Waals surface area contributed by atoms with Crippen LogP contribution < -0.4 is 22.8 Å². The topological polar surface area (TPSA) is 134 Å². The summed E-state index contributed by atoms with van der Waals surface area (Å²) in [5.41, 5.74) is 29.0. The first kappa shape index (κ1) is 54.5. The van der Waals surface area contributed by atoms with Crippen molar-refractivity contribution in [2.75, 3.05) is 0 Å². The van der Waals surface area contributed by atoms with E-state index in [9.17, 15) is 0 Å². The molecule has 103 heavy (non-hydrogen) atoms. The van der Waals surface area contributed by atoms with Gasteiger partial charge in [-0.3, -0.25) is 0 Å². The van der Waals surface area contributed by atoms with Gasteiger partial charge >= 0.3 is 5.89 Å². The lowest BCUT2D eigenvalue weighted by Gasteiger charge is -2.02. The van der Waals surface area contributed by atoms with Crippen LogP contribution in [0.3, 0.4) is 0 Å². The average Bonchev–Trinajstić information content (AvgIpc) is 1.67. The number of thiazole rings is 1. The molecule has 0 N–H and O–H groups in total. The Balaban J connectivity index is 0.0000000830. The highest BCUT2D eigenvalue weighted by Gasteiger charge is 2.40. The molecule has 6 aromatic carbocycles. The number of benzene rings is 6. The van der Waals surface area contributed by atoms with Crippen molar-refractivity contribution >= 4 is 93.5 Å². The third-order valence-corrected chi connectivity index (χ3v) is 22.2. The van der Waals surface area contributed by atoms with Gasteiger partial charge in [-0.15, -0.1) is 0 Å². The minimum Gasteiger partial charge on any atom is -0.395 e. The predicted octanol–water partition coefficient (Wildman–Crippen LogP) is 13.1. The lowest BCUT2D eigenvalue weighted by Crippen LogP contribution is -2.31. The fourth-order valence-electron chi connectivity index (χ4n) is 16.6. The molecule has 0 atom stereocenters. The molecule has 15 aromatic heterocycles. The van der Waals surface area contributed by atoms with Crippen LogP contribution in [-0.2, 0) is 46.7 Å². The van der Waals surface area contributed by atoms with Crippen LogP contribution in [0.5, 0.6) is 0 Å². The van der Waals surface area contributed by atoms with Crippen LogP contribution in [0.15, 0.2) is 279 Å². The van der Waals surface area contributed by atoms with Crippen LogP contribution in [0.1, 0.15) is 31.9 Å². The Morgan fingerprint density at radius 1 is 0.417 bits per heavy atom.